The summed E-state index contributed by atoms with van der Waals surface area (Å²) >= 11 is 3.34. The molecule has 3 heterocycles. The molecule has 0 aliphatic carbocycles. The van der Waals surface area contributed by atoms with Gasteiger partial charge in [0.2, 0.25) is 5.95 Å². The molecular weight excluding hydrogens is 396 g/mol. The summed E-state index contributed by atoms with van der Waals surface area (Å²) in [5, 5.41) is 4.19. The van der Waals surface area contributed by atoms with Gasteiger partial charge in [0.25, 0.3) is 5.91 Å². The maximum atomic E-state index is 12.7. The first-order valence-electron chi connectivity index (χ1n) is 8.32. The van der Waals surface area contributed by atoms with E-state index in [-0.39, 0.29) is 5.91 Å². The fraction of sp³-hybridized carbons (Fsp3) is 0.222. The molecule has 0 saturated carbocycles. The number of aromatic nitrogens is 4. The Balaban J connectivity index is 1.39. The second-order valence-electron chi connectivity index (χ2n) is 5.98. The molecule has 2 aromatic heterocycles. The molecule has 0 radical (unpaired) electrons. The van der Waals surface area contributed by atoms with Gasteiger partial charge in [-0.15, -0.1) is 0 Å². The number of nitrogens with zero attached hydrogens (tertiary/aromatic N) is 6. The summed E-state index contributed by atoms with van der Waals surface area (Å²) in [5.41, 5.74) is 1.62. The van der Waals surface area contributed by atoms with E-state index in [9.17, 15) is 4.79 Å². The van der Waals surface area contributed by atoms with Crippen LogP contribution in [0.1, 0.15) is 10.4 Å². The Morgan fingerprint density at radius 3 is 2.31 bits per heavy atom. The molecule has 3 aromatic rings. The van der Waals surface area contributed by atoms with Crippen molar-refractivity contribution >= 4 is 27.8 Å². The average molecular weight is 413 g/mol. The minimum absolute atomic E-state index is 0.0494. The summed E-state index contributed by atoms with van der Waals surface area (Å²) in [5.74, 6) is 0.747. The van der Waals surface area contributed by atoms with Crippen molar-refractivity contribution in [2.24, 2.45) is 0 Å². The van der Waals surface area contributed by atoms with Crippen LogP contribution in [0, 0.1) is 0 Å². The average Bonchev–Trinajstić information content (AvgIpc) is 3.23. The van der Waals surface area contributed by atoms with Gasteiger partial charge in [-0.25, -0.2) is 14.6 Å². The van der Waals surface area contributed by atoms with E-state index in [0.717, 1.165) is 23.2 Å². The summed E-state index contributed by atoms with van der Waals surface area (Å²) in [6.45, 7) is 2.75. The lowest BCUT2D eigenvalue weighted by molar-refractivity contribution is 0.0746. The van der Waals surface area contributed by atoms with Gasteiger partial charge in [0.1, 0.15) is 0 Å². The molecule has 1 saturated heterocycles. The van der Waals surface area contributed by atoms with Crippen LogP contribution in [0.5, 0.6) is 0 Å². The largest absolute Gasteiger partial charge is 0.337 e. The maximum Gasteiger partial charge on any atom is 0.253 e. The van der Waals surface area contributed by atoms with Crippen molar-refractivity contribution in [2.75, 3.05) is 31.1 Å². The number of anilines is 1. The molecule has 0 atom stereocenters. The second-order valence-corrected chi connectivity index (χ2v) is 6.89. The van der Waals surface area contributed by atoms with Gasteiger partial charge in [-0.3, -0.25) is 4.79 Å². The molecule has 0 bridgehead atoms. The number of rotatable bonds is 3. The first kappa shape index (κ1) is 16.7. The minimum Gasteiger partial charge on any atom is -0.337 e. The highest BCUT2D eigenvalue weighted by molar-refractivity contribution is 9.10. The van der Waals surface area contributed by atoms with Crippen LogP contribution in [0.3, 0.4) is 0 Å². The second kappa shape index (κ2) is 7.25. The van der Waals surface area contributed by atoms with E-state index in [4.69, 9.17) is 0 Å². The molecule has 7 nitrogen and oxygen atoms in total. The Bertz CT molecular complexity index is 871. The summed E-state index contributed by atoms with van der Waals surface area (Å²) < 4.78 is 2.62. The molecule has 4 rings (SSSR count). The van der Waals surface area contributed by atoms with Crippen LogP contribution in [0.15, 0.2) is 59.6 Å². The smallest absolute Gasteiger partial charge is 0.253 e. The highest BCUT2D eigenvalue weighted by Crippen LogP contribution is 2.16. The van der Waals surface area contributed by atoms with E-state index >= 15 is 0 Å². The van der Waals surface area contributed by atoms with Crippen LogP contribution in [0.4, 0.5) is 5.95 Å². The van der Waals surface area contributed by atoms with Crippen molar-refractivity contribution < 1.29 is 4.79 Å². The molecule has 1 aromatic carbocycles. The molecule has 132 valence electrons. The van der Waals surface area contributed by atoms with Gasteiger partial charge in [0.15, 0.2) is 0 Å². The van der Waals surface area contributed by atoms with E-state index < -0.39 is 0 Å². The van der Waals surface area contributed by atoms with Crippen LogP contribution < -0.4 is 4.90 Å². The molecule has 1 aliphatic heterocycles. The summed E-state index contributed by atoms with van der Waals surface area (Å²) in [7, 11) is 0. The fourth-order valence-electron chi connectivity index (χ4n) is 2.94. The standard InChI is InChI=1S/C18H17BrN6O/c19-15-12-20-18(21-13-15)24-10-8-23(9-11-24)17(26)14-2-4-16(5-3-14)25-7-1-6-22-25/h1-7,12-13H,8-11H2. The van der Waals surface area contributed by atoms with Gasteiger partial charge in [0.05, 0.1) is 10.2 Å². The van der Waals surface area contributed by atoms with Gasteiger partial charge < -0.3 is 9.80 Å². The summed E-state index contributed by atoms with van der Waals surface area (Å²) in [6.07, 6.45) is 7.08. The van der Waals surface area contributed by atoms with Crippen molar-refractivity contribution in [1.29, 1.82) is 0 Å². The Morgan fingerprint density at radius 1 is 1.00 bits per heavy atom. The zero-order valence-electron chi connectivity index (χ0n) is 14.0. The molecule has 1 amide bonds. The van der Waals surface area contributed by atoms with Crippen LogP contribution in [-0.4, -0.2) is 56.7 Å². The molecule has 26 heavy (non-hydrogen) atoms. The fourth-order valence-corrected chi connectivity index (χ4v) is 3.14. The number of carbonyl (C=O) groups excluding carboxylic acids is 1. The zero-order valence-corrected chi connectivity index (χ0v) is 15.6. The highest BCUT2D eigenvalue weighted by atomic mass is 79.9. The summed E-state index contributed by atoms with van der Waals surface area (Å²) in [4.78, 5) is 25.3. The van der Waals surface area contributed by atoms with E-state index in [1.165, 1.54) is 0 Å². The van der Waals surface area contributed by atoms with E-state index in [2.05, 4.69) is 35.9 Å². The molecule has 0 spiro atoms. The van der Waals surface area contributed by atoms with Crippen LogP contribution in [-0.2, 0) is 0 Å². The lowest BCUT2D eigenvalue weighted by Gasteiger charge is -2.34. The Hall–Kier alpha value is -2.74. The third-order valence-electron chi connectivity index (χ3n) is 4.34. The molecule has 0 N–H and O–H groups in total. The van der Waals surface area contributed by atoms with Crippen molar-refractivity contribution in [3.63, 3.8) is 0 Å². The number of carbonyl (C=O) groups is 1. The van der Waals surface area contributed by atoms with E-state index in [1.807, 2.05) is 41.4 Å². The number of amides is 1. The number of hydrogen-bond donors (Lipinski definition) is 0. The zero-order chi connectivity index (χ0) is 17.9. The predicted octanol–water partition coefficient (Wildman–Crippen LogP) is 2.39. The normalized spacial score (nSPS) is 14.5. The van der Waals surface area contributed by atoms with Crippen LogP contribution >= 0.6 is 15.9 Å². The Kier molecular flexibility index (Phi) is 4.66. The highest BCUT2D eigenvalue weighted by Gasteiger charge is 2.23. The Labute approximate surface area is 159 Å². The van der Waals surface area contributed by atoms with Gasteiger partial charge in [-0.2, -0.15) is 5.10 Å². The quantitative estimate of drug-likeness (QED) is 0.660. The van der Waals surface area contributed by atoms with E-state index in [1.54, 1.807) is 23.3 Å². The minimum atomic E-state index is 0.0494. The van der Waals surface area contributed by atoms with Gasteiger partial charge in [-0.1, -0.05) is 0 Å². The number of hydrogen-bond acceptors (Lipinski definition) is 5. The molecular formula is C18H17BrN6O. The molecule has 1 fully saturated rings. The van der Waals surface area contributed by atoms with Crippen molar-refractivity contribution in [1.82, 2.24) is 24.6 Å². The van der Waals surface area contributed by atoms with Crippen LogP contribution in [0.25, 0.3) is 5.69 Å². The van der Waals surface area contributed by atoms with Crippen LogP contribution in [0.2, 0.25) is 0 Å². The SMILES string of the molecule is O=C(c1ccc(-n2cccn2)cc1)N1CCN(c2ncc(Br)cn2)CC1. The predicted molar refractivity (Wildman–Crippen MR) is 101 cm³/mol. The third-order valence-corrected chi connectivity index (χ3v) is 4.75. The van der Waals surface area contributed by atoms with Gasteiger partial charge >= 0.3 is 0 Å². The van der Waals surface area contributed by atoms with Crippen molar-refractivity contribution in [2.45, 2.75) is 0 Å². The lowest BCUT2D eigenvalue weighted by Crippen LogP contribution is -2.49. The first-order valence-corrected chi connectivity index (χ1v) is 9.12. The first-order chi connectivity index (χ1) is 12.7. The molecule has 0 unspecified atom stereocenters. The van der Waals surface area contributed by atoms with Crippen molar-refractivity contribution in [3.05, 3.63) is 65.2 Å². The monoisotopic (exact) mass is 412 g/mol. The lowest BCUT2D eigenvalue weighted by atomic mass is 10.1. The van der Waals surface area contributed by atoms with Crippen molar-refractivity contribution in [3.8, 4) is 5.69 Å². The topological polar surface area (TPSA) is 67.2 Å². The molecule has 1 aliphatic rings. The maximum absolute atomic E-state index is 12.7. The van der Waals surface area contributed by atoms with Gasteiger partial charge in [0, 0.05) is 56.5 Å². The van der Waals surface area contributed by atoms with Gasteiger partial charge in [-0.05, 0) is 46.3 Å². The van der Waals surface area contributed by atoms with E-state index in [0.29, 0.717) is 24.6 Å². The number of piperazine rings is 1. The number of halogens is 1. The summed E-state index contributed by atoms with van der Waals surface area (Å²) in [6, 6.07) is 9.39. The molecule has 8 heteroatoms. The Morgan fingerprint density at radius 2 is 1.69 bits per heavy atom. The number of benzene rings is 1. The third kappa shape index (κ3) is 3.45.